The lowest BCUT2D eigenvalue weighted by Gasteiger charge is -2.40. The number of rotatable bonds is 4. The molecule has 3 rings (SSSR count). The van der Waals surface area contributed by atoms with E-state index in [-0.39, 0.29) is 24.4 Å². The Balaban J connectivity index is 1.61. The van der Waals surface area contributed by atoms with E-state index in [0.717, 1.165) is 6.42 Å². The van der Waals surface area contributed by atoms with E-state index >= 15 is 0 Å². The third kappa shape index (κ3) is 4.16. The first-order valence-electron chi connectivity index (χ1n) is 9.16. The number of hydrogen-bond donors (Lipinski definition) is 1. The van der Waals surface area contributed by atoms with E-state index in [2.05, 4.69) is 5.32 Å². The minimum Gasteiger partial charge on any atom is -0.354 e. The molecule has 3 heterocycles. The smallest absolute Gasteiger partial charge is 0.282 e. The Morgan fingerprint density at radius 2 is 1.76 bits per heavy atom. The average molecular weight is 375 g/mol. The van der Waals surface area contributed by atoms with Crippen molar-refractivity contribution < 1.29 is 22.7 Å². The Morgan fingerprint density at radius 1 is 1.12 bits per heavy atom. The van der Waals surface area contributed by atoms with Gasteiger partial charge in [0, 0.05) is 45.1 Å². The van der Waals surface area contributed by atoms with Crippen molar-refractivity contribution in [1.29, 1.82) is 0 Å². The van der Waals surface area contributed by atoms with Gasteiger partial charge in [-0.3, -0.25) is 4.79 Å². The highest BCUT2D eigenvalue weighted by Gasteiger charge is 2.44. The summed E-state index contributed by atoms with van der Waals surface area (Å²) < 4.78 is 40.2. The lowest BCUT2D eigenvalue weighted by Crippen LogP contribution is -2.54. The maximum Gasteiger partial charge on any atom is 0.282 e. The predicted molar refractivity (Wildman–Crippen MR) is 91.9 cm³/mol. The first kappa shape index (κ1) is 19.0. The third-order valence-electron chi connectivity index (χ3n) is 5.14. The van der Waals surface area contributed by atoms with Crippen LogP contribution >= 0.6 is 0 Å². The van der Waals surface area contributed by atoms with Gasteiger partial charge in [0.1, 0.15) is 0 Å². The number of hydrogen-bond acceptors (Lipinski definition) is 5. The molecule has 3 aliphatic rings. The number of carbonyl (C=O) groups is 1. The molecule has 0 aromatic carbocycles. The van der Waals surface area contributed by atoms with Gasteiger partial charge >= 0.3 is 0 Å². The van der Waals surface area contributed by atoms with Gasteiger partial charge in [0.15, 0.2) is 5.79 Å². The second-order valence-corrected chi connectivity index (χ2v) is 9.30. The molecule has 8 nitrogen and oxygen atoms in total. The molecule has 0 aromatic heterocycles. The fraction of sp³-hybridized carbons (Fsp3) is 0.938. The molecule has 1 amide bonds. The van der Waals surface area contributed by atoms with Crippen molar-refractivity contribution in [3.8, 4) is 0 Å². The quantitative estimate of drug-likeness (QED) is 0.764. The summed E-state index contributed by atoms with van der Waals surface area (Å²) in [6.45, 7) is 6.48. The van der Waals surface area contributed by atoms with Crippen molar-refractivity contribution in [2.24, 2.45) is 5.92 Å². The van der Waals surface area contributed by atoms with Crippen LogP contribution < -0.4 is 5.32 Å². The number of nitrogens with one attached hydrogen (secondary N) is 1. The van der Waals surface area contributed by atoms with E-state index in [1.807, 2.05) is 13.8 Å². The van der Waals surface area contributed by atoms with Crippen LogP contribution in [0.4, 0.5) is 0 Å². The summed E-state index contributed by atoms with van der Waals surface area (Å²) in [5, 5.41) is 2.89. The second-order valence-electron chi connectivity index (χ2n) is 7.37. The van der Waals surface area contributed by atoms with Gasteiger partial charge in [-0.15, -0.1) is 0 Å². The van der Waals surface area contributed by atoms with Gasteiger partial charge in [-0.2, -0.15) is 17.0 Å². The molecule has 0 bridgehead atoms. The van der Waals surface area contributed by atoms with Gasteiger partial charge in [-0.25, -0.2) is 0 Å². The van der Waals surface area contributed by atoms with E-state index in [0.29, 0.717) is 52.1 Å². The molecule has 1 unspecified atom stereocenters. The topological polar surface area (TPSA) is 88.2 Å². The molecule has 0 radical (unpaired) electrons. The van der Waals surface area contributed by atoms with E-state index in [1.165, 1.54) is 8.61 Å². The van der Waals surface area contributed by atoms with Gasteiger partial charge in [-0.1, -0.05) is 0 Å². The zero-order valence-electron chi connectivity index (χ0n) is 15.1. The van der Waals surface area contributed by atoms with Crippen LogP contribution in [-0.2, 0) is 24.5 Å². The van der Waals surface area contributed by atoms with Gasteiger partial charge < -0.3 is 14.8 Å². The van der Waals surface area contributed by atoms with Crippen molar-refractivity contribution in [2.75, 3.05) is 39.4 Å². The Morgan fingerprint density at radius 3 is 2.36 bits per heavy atom. The summed E-state index contributed by atoms with van der Waals surface area (Å²) in [6, 6.07) is 0.0594. The van der Waals surface area contributed by atoms with Crippen LogP contribution in [-0.4, -0.2) is 74.2 Å². The van der Waals surface area contributed by atoms with Crippen LogP contribution in [0, 0.1) is 5.92 Å². The number of piperidine rings is 2. The molecule has 25 heavy (non-hydrogen) atoms. The molecular formula is C16H29N3O5S. The Kier molecular flexibility index (Phi) is 5.69. The molecule has 0 aliphatic carbocycles. The molecule has 3 saturated heterocycles. The molecule has 0 saturated carbocycles. The largest absolute Gasteiger partial charge is 0.354 e. The Hall–Kier alpha value is -0.740. The first-order valence-corrected chi connectivity index (χ1v) is 10.6. The van der Waals surface area contributed by atoms with Gasteiger partial charge in [-0.05, 0) is 26.7 Å². The molecule has 1 N–H and O–H groups in total. The summed E-state index contributed by atoms with van der Waals surface area (Å²) >= 11 is 0. The third-order valence-corrected chi connectivity index (χ3v) is 7.14. The summed E-state index contributed by atoms with van der Waals surface area (Å²) in [5.74, 6) is -0.919. The van der Waals surface area contributed by atoms with Crippen LogP contribution in [0.2, 0.25) is 0 Å². The molecule has 144 valence electrons. The highest BCUT2D eigenvalue weighted by atomic mass is 32.2. The van der Waals surface area contributed by atoms with Gasteiger partial charge in [0.2, 0.25) is 5.91 Å². The zero-order valence-corrected chi connectivity index (χ0v) is 15.9. The number of carbonyl (C=O) groups excluding carboxylic acids is 1. The van der Waals surface area contributed by atoms with Crippen LogP contribution in [0.3, 0.4) is 0 Å². The van der Waals surface area contributed by atoms with Crippen molar-refractivity contribution >= 4 is 16.1 Å². The van der Waals surface area contributed by atoms with E-state index in [4.69, 9.17) is 9.47 Å². The highest BCUT2D eigenvalue weighted by molar-refractivity contribution is 7.86. The van der Waals surface area contributed by atoms with Crippen molar-refractivity contribution in [1.82, 2.24) is 13.9 Å². The predicted octanol–water partition coefficient (Wildman–Crippen LogP) is 0.307. The lowest BCUT2D eigenvalue weighted by molar-refractivity contribution is -0.179. The second kappa shape index (κ2) is 7.48. The van der Waals surface area contributed by atoms with Crippen molar-refractivity contribution in [3.05, 3.63) is 0 Å². The number of nitrogens with zero attached hydrogens (tertiary/aromatic N) is 2. The van der Waals surface area contributed by atoms with Gasteiger partial charge in [0.25, 0.3) is 10.2 Å². The normalized spacial score (nSPS) is 28.5. The Bertz CT molecular complexity index is 579. The SMILES string of the molecule is CC(C)NC(=O)C1CCCN(S(=O)(=O)N2CCC3(CC2)OCCO3)C1. The molecule has 9 heteroatoms. The van der Waals surface area contributed by atoms with Crippen LogP contribution in [0.25, 0.3) is 0 Å². The number of ether oxygens (including phenoxy) is 2. The fourth-order valence-electron chi connectivity index (χ4n) is 3.77. The maximum atomic E-state index is 13.0. The molecule has 3 aliphatic heterocycles. The Labute approximate surface area is 150 Å². The van der Waals surface area contributed by atoms with Crippen LogP contribution in [0.1, 0.15) is 39.5 Å². The fourth-order valence-corrected chi connectivity index (χ4v) is 5.47. The van der Waals surface area contributed by atoms with Crippen molar-refractivity contribution in [2.45, 2.75) is 51.4 Å². The average Bonchev–Trinajstić information content (AvgIpc) is 3.03. The minimum atomic E-state index is -3.55. The molecule has 0 aromatic rings. The van der Waals surface area contributed by atoms with Crippen LogP contribution in [0.15, 0.2) is 0 Å². The standard InChI is InChI=1S/C16H29N3O5S/c1-13(2)17-15(20)14-4-3-7-19(12-14)25(21,22)18-8-5-16(6-9-18)23-10-11-24-16/h13-14H,3-12H2,1-2H3,(H,17,20). The molecule has 1 atom stereocenters. The molecule has 3 fully saturated rings. The molecule has 1 spiro atoms. The number of amides is 1. The first-order chi connectivity index (χ1) is 11.8. The van der Waals surface area contributed by atoms with E-state index in [9.17, 15) is 13.2 Å². The summed E-state index contributed by atoms with van der Waals surface area (Å²) in [7, 11) is -3.55. The summed E-state index contributed by atoms with van der Waals surface area (Å²) in [4.78, 5) is 12.2. The van der Waals surface area contributed by atoms with Crippen LogP contribution in [0.5, 0.6) is 0 Å². The van der Waals surface area contributed by atoms with Crippen molar-refractivity contribution in [3.63, 3.8) is 0 Å². The summed E-state index contributed by atoms with van der Waals surface area (Å²) in [5.41, 5.74) is 0. The minimum absolute atomic E-state index is 0.0553. The van der Waals surface area contributed by atoms with E-state index < -0.39 is 16.0 Å². The monoisotopic (exact) mass is 375 g/mol. The van der Waals surface area contributed by atoms with E-state index in [1.54, 1.807) is 0 Å². The van der Waals surface area contributed by atoms with Gasteiger partial charge in [0.05, 0.1) is 19.1 Å². The maximum absolute atomic E-state index is 13.0. The summed E-state index contributed by atoms with van der Waals surface area (Å²) in [6.07, 6.45) is 2.55. The zero-order chi connectivity index (χ0) is 18.1. The highest BCUT2D eigenvalue weighted by Crippen LogP contribution is 2.33. The lowest BCUT2D eigenvalue weighted by atomic mass is 9.98. The molecular weight excluding hydrogens is 346 g/mol.